The molecule has 7 heteroatoms. The molecule has 3 rings (SSSR count). The summed E-state index contributed by atoms with van der Waals surface area (Å²) in [5.41, 5.74) is 0.519. The maximum Gasteiger partial charge on any atom is 0.321 e. The molecule has 1 heterocycles. The molecule has 2 aromatic carbocycles. The van der Waals surface area contributed by atoms with E-state index in [1.807, 2.05) is 12.1 Å². The Hall–Kier alpha value is -2.34. The Morgan fingerprint density at radius 2 is 1.68 bits per heavy atom. The van der Waals surface area contributed by atoms with Gasteiger partial charge in [-0.1, -0.05) is 41.9 Å². The molecule has 0 bridgehead atoms. The van der Waals surface area contributed by atoms with Crippen LogP contribution in [0.2, 0.25) is 5.02 Å². The molecule has 2 atom stereocenters. The summed E-state index contributed by atoms with van der Waals surface area (Å²) >= 11 is 5.75. The maximum atomic E-state index is 13.9. The molecule has 3 nitrogen and oxygen atoms in total. The first kappa shape index (κ1) is 17.5. The minimum absolute atomic E-state index is 0.0793. The normalized spacial score (nSPS) is 13.6. The summed E-state index contributed by atoms with van der Waals surface area (Å²) in [5, 5.41) is 1.76. The highest BCUT2D eigenvalue weighted by molar-refractivity contribution is 6.30. The summed E-state index contributed by atoms with van der Waals surface area (Å²) in [4.78, 5) is 7.93. The van der Waals surface area contributed by atoms with Gasteiger partial charge in [0.15, 0.2) is 6.17 Å². The summed E-state index contributed by atoms with van der Waals surface area (Å²) in [7, 11) is 0. The van der Waals surface area contributed by atoms with Gasteiger partial charge in [0.05, 0.1) is 17.4 Å². The van der Waals surface area contributed by atoms with Crippen molar-refractivity contribution in [3.05, 3.63) is 59.4 Å². The minimum Gasteiger partial charge on any atom is -0.424 e. The van der Waals surface area contributed by atoms with Crippen LogP contribution in [0.5, 0.6) is 11.8 Å². The van der Waals surface area contributed by atoms with Crippen LogP contribution in [0.4, 0.5) is 13.2 Å². The molecular formula is C18H14ClF3N2O. The molecule has 2 unspecified atom stereocenters. The lowest BCUT2D eigenvalue weighted by molar-refractivity contribution is 0.137. The van der Waals surface area contributed by atoms with Gasteiger partial charge in [-0.25, -0.2) is 23.1 Å². The number of alkyl halides is 3. The van der Waals surface area contributed by atoms with Crippen molar-refractivity contribution in [2.24, 2.45) is 0 Å². The number of ether oxygens (including phenoxy) is 1. The average molecular weight is 367 g/mol. The van der Waals surface area contributed by atoms with Crippen molar-refractivity contribution < 1.29 is 17.9 Å². The lowest BCUT2D eigenvalue weighted by atomic mass is 9.98. The third kappa shape index (κ3) is 4.02. The van der Waals surface area contributed by atoms with Crippen LogP contribution >= 0.6 is 11.6 Å². The predicted octanol–water partition coefficient (Wildman–Crippen LogP) is 5.26. The smallest absolute Gasteiger partial charge is 0.321 e. The number of hydrogen-bond acceptors (Lipinski definition) is 3. The van der Waals surface area contributed by atoms with Crippen molar-refractivity contribution in [1.29, 1.82) is 0 Å². The van der Waals surface area contributed by atoms with Crippen molar-refractivity contribution in [2.75, 3.05) is 6.67 Å². The fourth-order valence-corrected chi connectivity index (χ4v) is 2.62. The first-order valence-electron chi connectivity index (χ1n) is 7.58. The van der Waals surface area contributed by atoms with Crippen molar-refractivity contribution in [3.8, 4) is 11.8 Å². The second kappa shape index (κ2) is 7.70. The van der Waals surface area contributed by atoms with E-state index in [1.54, 1.807) is 24.3 Å². The molecule has 0 radical (unpaired) electrons. The molecule has 0 N–H and O–H groups in total. The largest absolute Gasteiger partial charge is 0.424 e. The zero-order chi connectivity index (χ0) is 17.8. The van der Waals surface area contributed by atoms with Gasteiger partial charge in [0, 0.05) is 11.8 Å². The monoisotopic (exact) mass is 366 g/mol. The van der Waals surface area contributed by atoms with Gasteiger partial charge in [0.2, 0.25) is 0 Å². The maximum absolute atomic E-state index is 13.9. The number of halogens is 4. The molecular weight excluding hydrogens is 353 g/mol. The van der Waals surface area contributed by atoms with E-state index in [2.05, 4.69) is 9.97 Å². The highest BCUT2D eigenvalue weighted by atomic mass is 35.5. The summed E-state index contributed by atoms with van der Waals surface area (Å²) < 4.78 is 45.3. The molecule has 0 spiro atoms. The lowest BCUT2D eigenvalue weighted by Gasteiger charge is -2.15. The van der Waals surface area contributed by atoms with Crippen molar-refractivity contribution in [3.63, 3.8) is 0 Å². The van der Waals surface area contributed by atoms with Gasteiger partial charge in [-0.3, -0.25) is 0 Å². The molecule has 0 saturated heterocycles. The third-order valence-corrected chi connectivity index (χ3v) is 3.90. The second-order valence-electron chi connectivity index (χ2n) is 5.45. The summed E-state index contributed by atoms with van der Waals surface area (Å²) in [6, 6.07) is 10.6. The SMILES string of the molecule is FCC(F)C(F)Cc1cccc2cccc(Oc3ncc(Cl)cn3)c12. The van der Waals surface area contributed by atoms with E-state index < -0.39 is 19.0 Å². The molecule has 1 aromatic heterocycles. The zero-order valence-corrected chi connectivity index (χ0v) is 13.8. The van der Waals surface area contributed by atoms with E-state index in [4.69, 9.17) is 16.3 Å². The topological polar surface area (TPSA) is 35.0 Å². The minimum atomic E-state index is -2.15. The number of rotatable bonds is 6. The Balaban J connectivity index is 1.99. The second-order valence-corrected chi connectivity index (χ2v) is 5.88. The molecule has 0 amide bonds. The Kier molecular flexibility index (Phi) is 5.38. The van der Waals surface area contributed by atoms with E-state index in [9.17, 15) is 13.2 Å². The lowest BCUT2D eigenvalue weighted by Crippen LogP contribution is -2.21. The van der Waals surface area contributed by atoms with E-state index in [-0.39, 0.29) is 12.4 Å². The van der Waals surface area contributed by atoms with Crippen LogP contribution in [0.3, 0.4) is 0 Å². The molecule has 0 saturated carbocycles. The van der Waals surface area contributed by atoms with Gasteiger partial charge >= 0.3 is 6.01 Å². The Labute approximate surface area is 147 Å². The van der Waals surface area contributed by atoms with E-state index in [1.165, 1.54) is 12.4 Å². The van der Waals surface area contributed by atoms with Gasteiger partial charge < -0.3 is 4.74 Å². The van der Waals surface area contributed by atoms with Crippen molar-refractivity contribution in [2.45, 2.75) is 18.8 Å². The molecule has 3 aromatic rings. The van der Waals surface area contributed by atoms with Crippen LogP contribution in [-0.2, 0) is 6.42 Å². The van der Waals surface area contributed by atoms with E-state index in [0.29, 0.717) is 21.7 Å². The average Bonchev–Trinajstić information content (AvgIpc) is 2.63. The third-order valence-electron chi connectivity index (χ3n) is 3.71. The first-order valence-corrected chi connectivity index (χ1v) is 7.96. The predicted molar refractivity (Wildman–Crippen MR) is 90.5 cm³/mol. The molecule has 0 aliphatic heterocycles. The molecule has 130 valence electrons. The Bertz CT molecular complexity index is 855. The van der Waals surface area contributed by atoms with E-state index >= 15 is 0 Å². The first-order chi connectivity index (χ1) is 12.1. The van der Waals surface area contributed by atoms with Gasteiger partial charge in [0.25, 0.3) is 0 Å². The fourth-order valence-electron chi connectivity index (χ4n) is 2.52. The standard InChI is InChI=1S/C18H14ClF3N2O/c19-13-9-23-18(24-10-13)25-16-6-2-4-11-3-1-5-12(17(11)16)7-14(21)15(22)8-20/h1-6,9-10,14-15H,7-8H2. The summed E-state index contributed by atoms with van der Waals surface area (Å²) in [5.74, 6) is 0.401. The number of benzene rings is 2. The Morgan fingerprint density at radius 3 is 2.36 bits per heavy atom. The summed E-state index contributed by atoms with van der Waals surface area (Å²) in [6.07, 6.45) is -1.56. The highest BCUT2D eigenvalue weighted by Gasteiger charge is 2.22. The van der Waals surface area contributed by atoms with Gasteiger partial charge in [-0.05, 0) is 17.0 Å². The summed E-state index contributed by atoms with van der Waals surface area (Å²) in [6.45, 7) is -1.35. The van der Waals surface area contributed by atoms with Crippen LogP contribution in [0.15, 0.2) is 48.8 Å². The fraction of sp³-hybridized carbons (Fsp3) is 0.222. The van der Waals surface area contributed by atoms with Crippen molar-refractivity contribution >= 4 is 22.4 Å². The molecule has 0 aliphatic carbocycles. The van der Waals surface area contributed by atoms with Crippen LogP contribution in [0, 0.1) is 0 Å². The Morgan fingerprint density at radius 1 is 1.00 bits per heavy atom. The molecule has 25 heavy (non-hydrogen) atoms. The van der Waals surface area contributed by atoms with E-state index in [0.717, 1.165) is 5.39 Å². The molecule has 0 aliphatic rings. The van der Waals surface area contributed by atoms with Crippen LogP contribution in [0.1, 0.15) is 5.56 Å². The van der Waals surface area contributed by atoms with Gasteiger partial charge in [-0.15, -0.1) is 0 Å². The van der Waals surface area contributed by atoms with Gasteiger partial charge in [-0.2, -0.15) is 0 Å². The number of fused-ring (bicyclic) bond motifs is 1. The number of aromatic nitrogens is 2. The van der Waals surface area contributed by atoms with Crippen molar-refractivity contribution in [1.82, 2.24) is 9.97 Å². The molecule has 0 fully saturated rings. The highest BCUT2D eigenvalue weighted by Crippen LogP contribution is 2.32. The number of nitrogens with zero attached hydrogens (tertiary/aromatic N) is 2. The van der Waals surface area contributed by atoms with Crippen LogP contribution in [-0.4, -0.2) is 29.0 Å². The number of hydrogen-bond donors (Lipinski definition) is 0. The van der Waals surface area contributed by atoms with Gasteiger partial charge in [0.1, 0.15) is 18.6 Å². The van der Waals surface area contributed by atoms with Crippen LogP contribution in [0.25, 0.3) is 10.8 Å². The quantitative estimate of drug-likeness (QED) is 0.596. The van der Waals surface area contributed by atoms with Crippen LogP contribution < -0.4 is 4.74 Å². The zero-order valence-electron chi connectivity index (χ0n) is 13.0.